The van der Waals surface area contributed by atoms with Gasteiger partial charge in [-0.25, -0.2) is 8.78 Å². The van der Waals surface area contributed by atoms with E-state index in [1.807, 2.05) is 0 Å². The molecular weight excluding hydrogens is 382 g/mol. The summed E-state index contributed by atoms with van der Waals surface area (Å²) < 4.78 is 26.8. The molecule has 1 amide bonds. The van der Waals surface area contributed by atoms with Gasteiger partial charge in [0.25, 0.3) is 0 Å². The van der Waals surface area contributed by atoms with Gasteiger partial charge in [-0.2, -0.15) is 0 Å². The van der Waals surface area contributed by atoms with Crippen molar-refractivity contribution in [1.29, 1.82) is 0 Å². The number of hydrogen-bond acceptors (Lipinski definition) is 5. The summed E-state index contributed by atoms with van der Waals surface area (Å²) in [4.78, 5) is 14.4. The zero-order valence-corrected chi connectivity index (χ0v) is 15.8. The zero-order chi connectivity index (χ0) is 19.5. The summed E-state index contributed by atoms with van der Waals surface area (Å²) in [5.74, 6) is -0.580. The molecule has 1 unspecified atom stereocenters. The molecule has 1 fully saturated rings. The first-order chi connectivity index (χ1) is 13.6. The molecule has 28 heavy (non-hydrogen) atoms. The number of carbonyl (C=O) groups excluding carboxylic acids is 1. The van der Waals surface area contributed by atoms with E-state index in [1.54, 1.807) is 35.2 Å². The smallest absolute Gasteiger partial charge is 0.245 e. The van der Waals surface area contributed by atoms with E-state index in [4.69, 9.17) is 0 Å². The molecule has 0 aliphatic carbocycles. The molecule has 0 spiro atoms. The molecule has 1 aliphatic heterocycles. The quantitative estimate of drug-likeness (QED) is 0.687. The Morgan fingerprint density at radius 3 is 2.68 bits per heavy atom. The fraction of sp³-hybridized carbons (Fsp3) is 0.250. The topological polar surface area (TPSA) is 58.1 Å². The van der Waals surface area contributed by atoms with E-state index < -0.39 is 0 Å². The van der Waals surface area contributed by atoms with Crippen LogP contribution in [0.15, 0.2) is 48.5 Å². The number of hydrogen-bond donors (Lipinski definition) is 1. The molecule has 5 nitrogen and oxygen atoms in total. The van der Waals surface area contributed by atoms with E-state index in [0.29, 0.717) is 41.6 Å². The minimum Gasteiger partial charge on any atom is -0.348 e. The van der Waals surface area contributed by atoms with Crippen LogP contribution in [0.3, 0.4) is 0 Å². The van der Waals surface area contributed by atoms with Crippen LogP contribution in [0.4, 0.5) is 13.9 Å². The number of nitrogens with zero attached hydrogens (tertiary/aromatic N) is 3. The van der Waals surface area contributed by atoms with Gasteiger partial charge < -0.3 is 10.2 Å². The van der Waals surface area contributed by atoms with Gasteiger partial charge in [-0.05, 0) is 35.7 Å². The molecule has 1 saturated heterocycles. The summed E-state index contributed by atoms with van der Waals surface area (Å²) >= 11 is 1.32. The third kappa shape index (κ3) is 4.17. The lowest BCUT2D eigenvalue weighted by Crippen LogP contribution is -2.33. The van der Waals surface area contributed by atoms with Crippen molar-refractivity contribution in [3.63, 3.8) is 0 Å². The minimum atomic E-state index is -0.366. The van der Waals surface area contributed by atoms with Crippen molar-refractivity contribution in [2.45, 2.75) is 25.4 Å². The van der Waals surface area contributed by atoms with E-state index in [9.17, 15) is 13.6 Å². The number of rotatable bonds is 6. The van der Waals surface area contributed by atoms with E-state index in [1.165, 1.54) is 29.5 Å². The van der Waals surface area contributed by atoms with Crippen molar-refractivity contribution in [3.8, 4) is 0 Å². The first-order valence-electron chi connectivity index (χ1n) is 8.94. The van der Waals surface area contributed by atoms with E-state index in [2.05, 4.69) is 15.5 Å². The van der Waals surface area contributed by atoms with Gasteiger partial charge in [0.15, 0.2) is 0 Å². The molecule has 1 atom stereocenters. The predicted octanol–water partition coefficient (Wildman–Crippen LogP) is 3.62. The van der Waals surface area contributed by atoms with Gasteiger partial charge in [-0.1, -0.05) is 41.7 Å². The average Bonchev–Trinajstić information content (AvgIpc) is 3.27. The second-order valence-electron chi connectivity index (χ2n) is 6.64. The number of anilines is 1. The number of halogens is 2. The molecule has 0 radical (unpaired) electrons. The molecule has 2 heterocycles. The van der Waals surface area contributed by atoms with E-state index >= 15 is 0 Å². The summed E-state index contributed by atoms with van der Waals surface area (Å²) in [6.07, 6.45) is 1.02. The molecule has 4 rings (SSSR count). The largest absolute Gasteiger partial charge is 0.348 e. The Morgan fingerprint density at radius 1 is 1.11 bits per heavy atom. The Kier molecular flexibility index (Phi) is 5.29. The molecule has 0 bridgehead atoms. The second-order valence-corrected chi connectivity index (χ2v) is 7.70. The number of carbonyl (C=O) groups is 1. The second kappa shape index (κ2) is 8.02. The van der Waals surface area contributed by atoms with Gasteiger partial charge in [0, 0.05) is 19.5 Å². The molecule has 1 aromatic heterocycles. The highest BCUT2D eigenvalue weighted by Gasteiger charge is 2.32. The average molecular weight is 400 g/mol. The van der Waals surface area contributed by atoms with Gasteiger partial charge >= 0.3 is 0 Å². The highest BCUT2D eigenvalue weighted by molar-refractivity contribution is 7.15. The third-order valence-electron chi connectivity index (χ3n) is 4.65. The van der Waals surface area contributed by atoms with Crippen LogP contribution < -0.4 is 5.32 Å². The molecule has 2 aromatic carbocycles. The predicted molar refractivity (Wildman–Crippen MR) is 103 cm³/mol. The number of amides is 1. The molecule has 8 heteroatoms. The van der Waals surface area contributed by atoms with Crippen molar-refractivity contribution in [3.05, 3.63) is 76.3 Å². The molecule has 1 aliphatic rings. The molecule has 3 aromatic rings. The van der Waals surface area contributed by atoms with Crippen LogP contribution in [0, 0.1) is 11.6 Å². The van der Waals surface area contributed by atoms with Gasteiger partial charge in [0.05, 0.1) is 0 Å². The Hall–Kier alpha value is -2.87. The highest BCUT2D eigenvalue weighted by atomic mass is 32.1. The summed E-state index contributed by atoms with van der Waals surface area (Å²) in [5.41, 5.74) is 1.45. The van der Waals surface area contributed by atoms with Crippen LogP contribution >= 0.6 is 11.3 Å². The monoisotopic (exact) mass is 400 g/mol. The van der Waals surface area contributed by atoms with Crippen LogP contribution in [0.25, 0.3) is 0 Å². The molecule has 1 N–H and O–H groups in total. The first kappa shape index (κ1) is 18.5. The number of benzene rings is 2. The maximum Gasteiger partial charge on any atom is 0.245 e. The Labute approximate surface area is 165 Å². The maximum absolute atomic E-state index is 13.8. The molecule has 0 saturated carbocycles. The minimum absolute atomic E-state index is 0.0184. The lowest BCUT2D eigenvalue weighted by Gasteiger charge is -2.17. The van der Waals surface area contributed by atoms with Gasteiger partial charge in [-0.3, -0.25) is 4.79 Å². The number of nitrogens with one attached hydrogen (secondary N) is 1. The van der Waals surface area contributed by atoms with Crippen molar-refractivity contribution in [1.82, 2.24) is 15.1 Å². The third-order valence-corrected chi connectivity index (χ3v) is 5.50. The van der Waals surface area contributed by atoms with Crippen molar-refractivity contribution < 1.29 is 13.6 Å². The Morgan fingerprint density at radius 2 is 1.89 bits per heavy atom. The standard InChI is InChI=1S/C20H18F2N4OS/c21-15-7-5-13(6-8-15)12-26-10-9-17(19(26)27)23-20-25-24-18(28-20)11-14-3-1-2-4-16(14)22/h1-8,17H,9-12H2,(H,23,25). The first-order valence-corrected chi connectivity index (χ1v) is 9.76. The van der Waals surface area contributed by atoms with Gasteiger partial charge in [-0.15, -0.1) is 10.2 Å². The van der Waals surface area contributed by atoms with Crippen LogP contribution in [0.2, 0.25) is 0 Å². The number of aromatic nitrogens is 2. The fourth-order valence-corrected chi connectivity index (χ4v) is 3.99. The van der Waals surface area contributed by atoms with Crippen molar-refractivity contribution in [2.24, 2.45) is 0 Å². The van der Waals surface area contributed by atoms with Gasteiger partial charge in [0.2, 0.25) is 11.0 Å². The van der Waals surface area contributed by atoms with Crippen LogP contribution in [-0.4, -0.2) is 33.6 Å². The molecule has 144 valence electrons. The van der Waals surface area contributed by atoms with Crippen LogP contribution in [0.5, 0.6) is 0 Å². The normalized spacial score (nSPS) is 16.6. The maximum atomic E-state index is 13.8. The fourth-order valence-electron chi connectivity index (χ4n) is 3.18. The van der Waals surface area contributed by atoms with E-state index in [0.717, 1.165) is 5.56 Å². The van der Waals surface area contributed by atoms with E-state index in [-0.39, 0.29) is 23.6 Å². The van der Waals surface area contributed by atoms with Gasteiger partial charge in [0.1, 0.15) is 22.7 Å². The zero-order valence-electron chi connectivity index (χ0n) is 14.9. The highest BCUT2D eigenvalue weighted by Crippen LogP contribution is 2.24. The summed E-state index contributed by atoms with van der Waals surface area (Å²) in [5, 5.41) is 12.5. The lowest BCUT2D eigenvalue weighted by molar-refractivity contribution is -0.128. The number of likely N-dealkylation sites (tertiary alicyclic amines) is 1. The summed E-state index contributed by atoms with van der Waals surface area (Å²) in [6, 6.07) is 12.4. The SMILES string of the molecule is O=C1C(Nc2nnc(Cc3ccccc3F)s2)CCN1Cc1ccc(F)cc1. The Balaban J connectivity index is 1.36. The summed E-state index contributed by atoms with van der Waals surface area (Å²) in [6.45, 7) is 1.07. The van der Waals surface area contributed by atoms with Crippen LogP contribution in [-0.2, 0) is 17.8 Å². The van der Waals surface area contributed by atoms with Crippen molar-refractivity contribution in [2.75, 3.05) is 11.9 Å². The summed E-state index contributed by atoms with van der Waals surface area (Å²) in [7, 11) is 0. The van der Waals surface area contributed by atoms with Crippen LogP contribution in [0.1, 0.15) is 22.6 Å². The Bertz CT molecular complexity index is 976. The molecular formula is C20H18F2N4OS. The lowest BCUT2D eigenvalue weighted by atomic mass is 10.1. The van der Waals surface area contributed by atoms with Crippen molar-refractivity contribution >= 4 is 22.4 Å².